The van der Waals surface area contributed by atoms with Gasteiger partial charge in [0.05, 0.1) is 6.04 Å². The molecule has 1 atom stereocenters. The molecule has 90 valence electrons. The zero-order valence-electron chi connectivity index (χ0n) is 9.52. The monoisotopic (exact) mass is 225 g/mol. The Morgan fingerprint density at radius 2 is 2.31 bits per heavy atom. The average molecular weight is 225 g/mol. The molecule has 0 aromatic carbocycles. The summed E-state index contributed by atoms with van der Waals surface area (Å²) in [5.41, 5.74) is 9.04. The van der Waals surface area contributed by atoms with Crippen LogP contribution in [-0.2, 0) is 4.74 Å². The molecule has 6 nitrogen and oxygen atoms in total. The molecule has 1 saturated heterocycles. The lowest BCUT2D eigenvalue weighted by molar-refractivity contribution is 0.0468. The van der Waals surface area contributed by atoms with Crippen molar-refractivity contribution in [3.05, 3.63) is 12.3 Å². The zero-order valence-corrected chi connectivity index (χ0v) is 9.52. The highest BCUT2D eigenvalue weighted by Crippen LogP contribution is 2.11. The normalized spacial score (nSPS) is 26.2. The van der Waals surface area contributed by atoms with Crippen molar-refractivity contribution in [2.45, 2.75) is 25.0 Å². The standard InChI is InChI=1S/C10H19N5O/c1-11-15(9-3-6-16-7-4-9)8-12-10-2-5-13-14-10/h2,5,8-11,13-14H,3-4,6-7H2,1H3. The van der Waals surface area contributed by atoms with Crippen molar-refractivity contribution < 1.29 is 4.74 Å². The van der Waals surface area contributed by atoms with Crippen LogP contribution in [0.4, 0.5) is 0 Å². The Hall–Kier alpha value is -1.11. The topological polar surface area (TPSA) is 60.9 Å². The molecule has 0 radical (unpaired) electrons. The summed E-state index contributed by atoms with van der Waals surface area (Å²) < 4.78 is 5.34. The smallest absolute Gasteiger partial charge is 0.138 e. The number of hydrazine groups is 2. The van der Waals surface area contributed by atoms with Crippen LogP contribution >= 0.6 is 0 Å². The largest absolute Gasteiger partial charge is 0.381 e. The van der Waals surface area contributed by atoms with Crippen molar-refractivity contribution in [3.8, 4) is 0 Å². The third-order valence-electron chi connectivity index (χ3n) is 2.79. The average Bonchev–Trinajstić information content (AvgIpc) is 2.84. The lowest BCUT2D eigenvalue weighted by atomic mass is 10.1. The Morgan fingerprint density at radius 3 is 2.94 bits per heavy atom. The number of aliphatic imine (C=N–C) groups is 1. The number of rotatable bonds is 4. The van der Waals surface area contributed by atoms with Crippen LogP contribution in [0.1, 0.15) is 12.8 Å². The van der Waals surface area contributed by atoms with Gasteiger partial charge in [0.2, 0.25) is 0 Å². The van der Waals surface area contributed by atoms with Gasteiger partial charge in [-0.05, 0) is 18.9 Å². The van der Waals surface area contributed by atoms with E-state index in [1.807, 2.05) is 25.7 Å². The maximum atomic E-state index is 5.34. The molecule has 6 heteroatoms. The molecule has 0 amide bonds. The Bertz CT molecular complexity index is 262. The van der Waals surface area contributed by atoms with Crippen molar-refractivity contribution in [1.29, 1.82) is 0 Å². The first-order chi connectivity index (χ1) is 7.90. The second-order valence-electron chi connectivity index (χ2n) is 3.83. The number of ether oxygens (including phenoxy) is 1. The number of hydrogen-bond acceptors (Lipinski definition) is 5. The van der Waals surface area contributed by atoms with Gasteiger partial charge in [0.25, 0.3) is 0 Å². The lowest BCUT2D eigenvalue weighted by Crippen LogP contribution is -2.46. The fourth-order valence-electron chi connectivity index (χ4n) is 1.85. The summed E-state index contributed by atoms with van der Waals surface area (Å²) in [6, 6.07) is 0.473. The van der Waals surface area contributed by atoms with Crippen molar-refractivity contribution in [3.63, 3.8) is 0 Å². The van der Waals surface area contributed by atoms with E-state index in [0.717, 1.165) is 26.1 Å². The first-order valence-electron chi connectivity index (χ1n) is 5.64. The van der Waals surface area contributed by atoms with Gasteiger partial charge in [-0.25, -0.2) is 15.8 Å². The van der Waals surface area contributed by atoms with E-state index >= 15 is 0 Å². The Morgan fingerprint density at radius 1 is 1.50 bits per heavy atom. The Labute approximate surface area is 95.7 Å². The van der Waals surface area contributed by atoms with Crippen LogP contribution < -0.4 is 16.3 Å². The minimum atomic E-state index is 0.0238. The van der Waals surface area contributed by atoms with Gasteiger partial charge in [0, 0.05) is 26.5 Å². The van der Waals surface area contributed by atoms with Crippen LogP contribution in [0.3, 0.4) is 0 Å². The van der Waals surface area contributed by atoms with Crippen LogP contribution in [0, 0.1) is 0 Å². The molecule has 16 heavy (non-hydrogen) atoms. The summed E-state index contributed by atoms with van der Waals surface area (Å²) in [6.07, 6.45) is 7.77. The Balaban J connectivity index is 1.85. The summed E-state index contributed by atoms with van der Waals surface area (Å²) in [7, 11) is 1.91. The molecule has 0 aromatic rings. The van der Waals surface area contributed by atoms with Crippen LogP contribution in [0.2, 0.25) is 0 Å². The van der Waals surface area contributed by atoms with E-state index in [-0.39, 0.29) is 6.17 Å². The van der Waals surface area contributed by atoms with Crippen molar-refractivity contribution in [2.24, 2.45) is 4.99 Å². The SMILES string of the molecule is CNN(C=NC1C=CNN1)C1CCOCC1. The quantitative estimate of drug-likeness (QED) is 0.344. The third-order valence-corrected chi connectivity index (χ3v) is 2.79. The zero-order chi connectivity index (χ0) is 11.2. The molecular weight excluding hydrogens is 206 g/mol. The van der Waals surface area contributed by atoms with E-state index in [1.165, 1.54) is 0 Å². The predicted octanol–water partition coefficient (Wildman–Crippen LogP) is -0.422. The molecule has 0 aromatic heterocycles. The van der Waals surface area contributed by atoms with Gasteiger partial charge >= 0.3 is 0 Å². The van der Waals surface area contributed by atoms with E-state index < -0.39 is 0 Å². The van der Waals surface area contributed by atoms with Gasteiger partial charge in [0.1, 0.15) is 12.5 Å². The van der Waals surface area contributed by atoms with Crippen molar-refractivity contribution >= 4 is 6.34 Å². The molecule has 0 spiro atoms. The van der Waals surface area contributed by atoms with E-state index in [9.17, 15) is 0 Å². The molecule has 3 N–H and O–H groups in total. The third kappa shape index (κ3) is 2.94. The summed E-state index contributed by atoms with van der Waals surface area (Å²) in [5, 5.41) is 2.05. The predicted molar refractivity (Wildman–Crippen MR) is 62.4 cm³/mol. The number of nitrogens with one attached hydrogen (secondary N) is 3. The molecule has 0 aliphatic carbocycles. The van der Waals surface area contributed by atoms with Gasteiger partial charge in [-0.1, -0.05) is 0 Å². The van der Waals surface area contributed by atoms with Gasteiger partial charge in [-0.15, -0.1) is 0 Å². The van der Waals surface area contributed by atoms with Crippen molar-refractivity contribution in [2.75, 3.05) is 20.3 Å². The maximum Gasteiger partial charge on any atom is 0.138 e. The molecule has 2 aliphatic heterocycles. The van der Waals surface area contributed by atoms with Crippen LogP contribution in [0.15, 0.2) is 17.3 Å². The summed E-state index contributed by atoms with van der Waals surface area (Å²) in [6.45, 7) is 1.67. The molecular formula is C10H19N5O. The molecule has 1 unspecified atom stereocenters. The molecule has 0 saturated carbocycles. The highest BCUT2D eigenvalue weighted by atomic mass is 16.5. The number of hydrogen-bond donors (Lipinski definition) is 3. The maximum absolute atomic E-state index is 5.34. The van der Waals surface area contributed by atoms with Crippen LogP contribution in [-0.4, -0.2) is 43.8 Å². The molecule has 2 heterocycles. The van der Waals surface area contributed by atoms with Crippen molar-refractivity contribution in [1.82, 2.24) is 21.3 Å². The van der Waals surface area contributed by atoms with E-state index in [2.05, 4.69) is 26.3 Å². The second-order valence-corrected chi connectivity index (χ2v) is 3.83. The Kier molecular flexibility index (Phi) is 4.15. The second kappa shape index (κ2) is 5.83. The van der Waals surface area contributed by atoms with Crippen LogP contribution in [0.5, 0.6) is 0 Å². The fraction of sp³-hybridized carbons (Fsp3) is 0.700. The highest BCUT2D eigenvalue weighted by molar-refractivity contribution is 5.55. The molecule has 0 bridgehead atoms. The fourth-order valence-corrected chi connectivity index (χ4v) is 1.85. The van der Waals surface area contributed by atoms with Crippen LogP contribution in [0.25, 0.3) is 0 Å². The van der Waals surface area contributed by atoms with Gasteiger partial charge in [-0.3, -0.25) is 5.01 Å². The first kappa shape index (κ1) is 11.4. The first-order valence-corrected chi connectivity index (χ1v) is 5.64. The van der Waals surface area contributed by atoms with E-state index in [0.29, 0.717) is 6.04 Å². The van der Waals surface area contributed by atoms with Gasteiger partial charge in [-0.2, -0.15) is 0 Å². The van der Waals surface area contributed by atoms with Gasteiger partial charge in [0.15, 0.2) is 0 Å². The van der Waals surface area contributed by atoms with E-state index in [1.54, 1.807) is 0 Å². The van der Waals surface area contributed by atoms with Gasteiger partial charge < -0.3 is 10.2 Å². The lowest BCUT2D eigenvalue weighted by Gasteiger charge is -2.31. The summed E-state index contributed by atoms with van der Waals surface area (Å²) >= 11 is 0. The highest BCUT2D eigenvalue weighted by Gasteiger charge is 2.18. The number of nitrogens with zero attached hydrogens (tertiary/aromatic N) is 2. The van der Waals surface area contributed by atoms with E-state index in [4.69, 9.17) is 4.74 Å². The molecule has 2 rings (SSSR count). The summed E-state index contributed by atoms with van der Waals surface area (Å²) in [5.74, 6) is 0. The molecule has 2 aliphatic rings. The molecule has 1 fully saturated rings. The minimum Gasteiger partial charge on any atom is -0.381 e. The summed E-state index contributed by atoms with van der Waals surface area (Å²) in [4.78, 5) is 4.41. The minimum absolute atomic E-state index is 0.0238.